The third-order valence-corrected chi connectivity index (χ3v) is 5.03. The first-order valence-corrected chi connectivity index (χ1v) is 8.98. The van der Waals surface area contributed by atoms with Gasteiger partial charge in [0.2, 0.25) is 0 Å². The van der Waals surface area contributed by atoms with Crippen molar-refractivity contribution < 1.29 is 9.18 Å². The zero-order valence-electron chi connectivity index (χ0n) is 14.7. The Labute approximate surface area is 157 Å². The molecule has 27 heavy (non-hydrogen) atoms. The van der Waals surface area contributed by atoms with E-state index in [2.05, 4.69) is 10.3 Å². The maximum atomic E-state index is 14.0. The van der Waals surface area contributed by atoms with E-state index in [9.17, 15) is 9.18 Å². The average molecular weight is 361 g/mol. The first-order chi connectivity index (χ1) is 13.1. The van der Waals surface area contributed by atoms with E-state index in [1.165, 1.54) is 12.3 Å². The Bertz CT molecular complexity index is 989. The molecule has 4 nitrogen and oxygen atoms in total. The van der Waals surface area contributed by atoms with Crippen LogP contribution >= 0.6 is 0 Å². The Morgan fingerprint density at radius 1 is 1.04 bits per heavy atom. The van der Waals surface area contributed by atoms with Gasteiger partial charge in [0, 0.05) is 29.6 Å². The number of nitrogens with two attached hydrogens (primary N) is 1. The number of rotatable bonds is 3. The molecule has 4 rings (SSSR count). The summed E-state index contributed by atoms with van der Waals surface area (Å²) in [7, 11) is 0. The lowest BCUT2D eigenvalue weighted by Crippen LogP contribution is -2.33. The van der Waals surface area contributed by atoms with E-state index in [1.54, 1.807) is 30.5 Å². The Kier molecular flexibility index (Phi) is 4.69. The van der Waals surface area contributed by atoms with Gasteiger partial charge >= 0.3 is 0 Å². The first kappa shape index (κ1) is 17.4. The van der Waals surface area contributed by atoms with E-state index in [-0.39, 0.29) is 23.8 Å². The molecule has 0 bridgehead atoms. The van der Waals surface area contributed by atoms with Crippen LogP contribution in [0.25, 0.3) is 11.1 Å². The normalized spacial score (nSPS) is 18.6. The fourth-order valence-corrected chi connectivity index (χ4v) is 3.62. The summed E-state index contributed by atoms with van der Waals surface area (Å²) in [4.78, 5) is 16.9. The standard InChI is InChI=1S/C22H20FN3O/c23-19-8-4-3-5-16(19)14-11-15(13-25-12-14)22(27)26-21-10-9-20(24)17-6-1-2-7-18(17)21/h1-8,11-13,20-21H,9-10,24H2,(H,26,27). The molecule has 0 saturated carbocycles. The molecule has 3 N–H and O–H groups in total. The fourth-order valence-electron chi connectivity index (χ4n) is 3.62. The van der Waals surface area contributed by atoms with Gasteiger partial charge in [0.25, 0.3) is 5.91 Å². The van der Waals surface area contributed by atoms with E-state index in [1.807, 2.05) is 24.3 Å². The Hall–Kier alpha value is -3.05. The summed E-state index contributed by atoms with van der Waals surface area (Å²) in [5.74, 6) is -0.567. The summed E-state index contributed by atoms with van der Waals surface area (Å²) in [5.41, 5.74) is 9.73. The smallest absolute Gasteiger partial charge is 0.253 e. The monoisotopic (exact) mass is 361 g/mol. The van der Waals surface area contributed by atoms with Gasteiger partial charge in [-0.05, 0) is 36.1 Å². The zero-order valence-corrected chi connectivity index (χ0v) is 14.7. The van der Waals surface area contributed by atoms with Gasteiger partial charge in [0.15, 0.2) is 0 Å². The average Bonchev–Trinajstić information content (AvgIpc) is 2.71. The highest BCUT2D eigenvalue weighted by Gasteiger charge is 2.26. The predicted octanol–water partition coefficient (Wildman–Crippen LogP) is 4.15. The summed E-state index contributed by atoms with van der Waals surface area (Å²) in [6, 6.07) is 16.0. The number of aromatic nitrogens is 1. The van der Waals surface area contributed by atoms with Gasteiger partial charge in [0.05, 0.1) is 11.6 Å². The molecule has 2 unspecified atom stereocenters. The van der Waals surface area contributed by atoms with Crippen molar-refractivity contribution in [3.05, 3.63) is 89.5 Å². The van der Waals surface area contributed by atoms with Crippen molar-refractivity contribution in [3.63, 3.8) is 0 Å². The van der Waals surface area contributed by atoms with Crippen LogP contribution in [-0.2, 0) is 0 Å². The van der Waals surface area contributed by atoms with Gasteiger partial charge in [0.1, 0.15) is 5.82 Å². The van der Waals surface area contributed by atoms with E-state index in [0.29, 0.717) is 16.7 Å². The molecule has 1 heterocycles. The second kappa shape index (κ2) is 7.29. The molecule has 0 aliphatic heterocycles. The van der Waals surface area contributed by atoms with Crippen LogP contribution < -0.4 is 11.1 Å². The number of carbonyl (C=O) groups is 1. The molecule has 5 heteroatoms. The second-order valence-electron chi connectivity index (χ2n) is 6.78. The van der Waals surface area contributed by atoms with Crippen LogP contribution in [0.4, 0.5) is 4.39 Å². The fraction of sp³-hybridized carbons (Fsp3) is 0.182. The highest BCUT2D eigenvalue weighted by Crippen LogP contribution is 2.34. The molecule has 1 aromatic heterocycles. The van der Waals surface area contributed by atoms with Crippen molar-refractivity contribution in [1.29, 1.82) is 0 Å². The first-order valence-electron chi connectivity index (χ1n) is 8.98. The quantitative estimate of drug-likeness (QED) is 0.736. The number of fused-ring (bicyclic) bond motifs is 1. The lowest BCUT2D eigenvalue weighted by Gasteiger charge is -2.30. The molecule has 0 radical (unpaired) electrons. The number of nitrogens with one attached hydrogen (secondary N) is 1. The zero-order chi connectivity index (χ0) is 18.8. The van der Waals surface area contributed by atoms with Crippen molar-refractivity contribution >= 4 is 5.91 Å². The number of carbonyl (C=O) groups excluding carboxylic acids is 1. The molecule has 136 valence electrons. The maximum Gasteiger partial charge on any atom is 0.253 e. The van der Waals surface area contributed by atoms with Crippen LogP contribution in [0.2, 0.25) is 0 Å². The lowest BCUT2D eigenvalue weighted by molar-refractivity contribution is 0.0931. The van der Waals surface area contributed by atoms with Crippen molar-refractivity contribution in [2.24, 2.45) is 5.73 Å². The third kappa shape index (κ3) is 3.46. The molecular formula is C22H20FN3O. The van der Waals surface area contributed by atoms with Crippen LogP contribution in [-0.4, -0.2) is 10.9 Å². The van der Waals surface area contributed by atoms with Crippen LogP contribution in [0, 0.1) is 5.82 Å². The van der Waals surface area contributed by atoms with Crippen LogP contribution in [0.15, 0.2) is 67.0 Å². The lowest BCUT2D eigenvalue weighted by atomic mass is 9.84. The van der Waals surface area contributed by atoms with E-state index >= 15 is 0 Å². The van der Waals surface area contributed by atoms with Gasteiger partial charge < -0.3 is 11.1 Å². The molecule has 1 amide bonds. The SMILES string of the molecule is NC1CCC(NC(=O)c2cncc(-c3ccccc3F)c2)c2ccccc21. The molecule has 0 saturated heterocycles. The van der Waals surface area contributed by atoms with Crippen LogP contribution in [0.1, 0.15) is 46.4 Å². The number of hydrogen-bond donors (Lipinski definition) is 2. The number of hydrogen-bond acceptors (Lipinski definition) is 3. The molecular weight excluding hydrogens is 341 g/mol. The van der Waals surface area contributed by atoms with Crippen molar-refractivity contribution in [3.8, 4) is 11.1 Å². The summed E-state index contributed by atoms with van der Waals surface area (Å²) in [6.45, 7) is 0. The summed E-state index contributed by atoms with van der Waals surface area (Å²) in [6.07, 6.45) is 4.66. The summed E-state index contributed by atoms with van der Waals surface area (Å²) in [5, 5.41) is 3.08. The van der Waals surface area contributed by atoms with Crippen LogP contribution in [0.5, 0.6) is 0 Å². The minimum atomic E-state index is -0.341. The Morgan fingerprint density at radius 3 is 2.59 bits per heavy atom. The molecule has 2 aromatic carbocycles. The van der Waals surface area contributed by atoms with Gasteiger partial charge in [-0.2, -0.15) is 0 Å². The number of amides is 1. The van der Waals surface area contributed by atoms with Crippen LogP contribution in [0.3, 0.4) is 0 Å². The van der Waals surface area contributed by atoms with E-state index in [4.69, 9.17) is 5.73 Å². The molecule has 2 atom stereocenters. The molecule has 3 aromatic rings. The highest BCUT2D eigenvalue weighted by molar-refractivity contribution is 5.95. The van der Waals surface area contributed by atoms with Gasteiger partial charge in [-0.15, -0.1) is 0 Å². The van der Waals surface area contributed by atoms with Crippen molar-refractivity contribution in [2.45, 2.75) is 24.9 Å². The molecule has 0 spiro atoms. The number of halogens is 1. The second-order valence-corrected chi connectivity index (χ2v) is 6.78. The minimum absolute atomic E-state index is 0.000373. The Balaban J connectivity index is 1.59. The highest BCUT2D eigenvalue weighted by atomic mass is 19.1. The number of nitrogens with zero attached hydrogens (tertiary/aromatic N) is 1. The van der Waals surface area contributed by atoms with E-state index in [0.717, 1.165) is 24.0 Å². The van der Waals surface area contributed by atoms with Gasteiger partial charge in [-0.3, -0.25) is 9.78 Å². The van der Waals surface area contributed by atoms with E-state index < -0.39 is 0 Å². The minimum Gasteiger partial charge on any atom is -0.345 e. The number of benzene rings is 2. The number of pyridine rings is 1. The van der Waals surface area contributed by atoms with Gasteiger partial charge in [-0.25, -0.2) is 4.39 Å². The van der Waals surface area contributed by atoms with Crippen molar-refractivity contribution in [2.75, 3.05) is 0 Å². The van der Waals surface area contributed by atoms with Crippen molar-refractivity contribution in [1.82, 2.24) is 10.3 Å². The summed E-state index contributed by atoms with van der Waals surface area (Å²) < 4.78 is 14.0. The van der Waals surface area contributed by atoms with Gasteiger partial charge in [-0.1, -0.05) is 42.5 Å². The Morgan fingerprint density at radius 2 is 1.78 bits per heavy atom. The predicted molar refractivity (Wildman–Crippen MR) is 102 cm³/mol. The summed E-state index contributed by atoms with van der Waals surface area (Å²) >= 11 is 0. The molecule has 1 aliphatic rings. The maximum absolute atomic E-state index is 14.0. The molecule has 0 fully saturated rings. The molecule has 1 aliphatic carbocycles. The largest absolute Gasteiger partial charge is 0.345 e. The third-order valence-electron chi connectivity index (χ3n) is 5.03. The topological polar surface area (TPSA) is 68.0 Å².